The number of anilines is 1. The number of nitrogens with two attached hydrogens (primary N) is 1. The lowest BCUT2D eigenvalue weighted by atomic mass is 10.0. The molecule has 0 amide bonds. The molecule has 0 radical (unpaired) electrons. The lowest BCUT2D eigenvalue weighted by Gasteiger charge is -2.17. The van der Waals surface area contributed by atoms with Crippen LogP contribution in [0.4, 0.5) is 5.82 Å². The quantitative estimate of drug-likeness (QED) is 0.636. The number of aromatic nitrogens is 1. The second-order valence-electron chi connectivity index (χ2n) is 3.61. The Labute approximate surface area is 99.0 Å². The van der Waals surface area contributed by atoms with Gasteiger partial charge in [0.05, 0.1) is 6.61 Å². The standard InChI is InChI=1S/C11H16N2O4/c1-3-17-11(16)9(15)8(14)7-4-6(2)10(12)13-5-7/h4-5,8-9,14-15H,3H2,1-2H3,(H2,12,13). The highest BCUT2D eigenvalue weighted by atomic mass is 16.5. The van der Waals surface area contributed by atoms with Crippen molar-refractivity contribution < 1.29 is 19.7 Å². The van der Waals surface area contributed by atoms with Gasteiger partial charge in [0, 0.05) is 11.8 Å². The highest BCUT2D eigenvalue weighted by Gasteiger charge is 2.27. The van der Waals surface area contributed by atoms with E-state index in [-0.39, 0.29) is 6.61 Å². The lowest BCUT2D eigenvalue weighted by Crippen LogP contribution is -2.30. The molecule has 0 aliphatic carbocycles. The van der Waals surface area contributed by atoms with Gasteiger partial charge < -0.3 is 20.7 Å². The van der Waals surface area contributed by atoms with Crippen LogP contribution in [0, 0.1) is 6.92 Å². The first kappa shape index (κ1) is 13.4. The number of carbonyl (C=O) groups is 1. The molecular weight excluding hydrogens is 224 g/mol. The summed E-state index contributed by atoms with van der Waals surface area (Å²) in [6, 6.07) is 1.56. The average Bonchev–Trinajstić information content (AvgIpc) is 2.31. The Balaban J connectivity index is 2.84. The summed E-state index contributed by atoms with van der Waals surface area (Å²) in [4.78, 5) is 15.1. The van der Waals surface area contributed by atoms with Crippen LogP contribution in [0.1, 0.15) is 24.2 Å². The maximum atomic E-state index is 11.2. The van der Waals surface area contributed by atoms with Crippen molar-refractivity contribution in [3.8, 4) is 0 Å². The van der Waals surface area contributed by atoms with E-state index in [1.165, 1.54) is 6.20 Å². The van der Waals surface area contributed by atoms with Crippen molar-refractivity contribution in [2.75, 3.05) is 12.3 Å². The zero-order chi connectivity index (χ0) is 13.0. The molecule has 94 valence electrons. The third-order valence-corrected chi connectivity index (χ3v) is 2.31. The van der Waals surface area contributed by atoms with Gasteiger partial charge in [0.2, 0.25) is 0 Å². The summed E-state index contributed by atoms with van der Waals surface area (Å²) in [6.45, 7) is 3.48. The molecule has 0 aliphatic rings. The smallest absolute Gasteiger partial charge is 0.338 e. The molecule has 1 heterocycles. The van der Waals surface area contributed by atoms with Crippen molar-refractivity contribution in [3.05, 3.63) is 23.4 Å². The van der Waals surface area contributed by atoms with Crippen molar-refractivity contribution >= 4 is 11.8 Å². The van der Waals surface area contributed by atoms with Crippen LogP contribution in [0.3, 0.4) is 0 Å². The molecule has 2 unspecified atom stereocenters. The van der Waals surface area contributed by atoms with Gasteiger partial charge >= 0.3 is 5.97 Å². The minimum Gasteiger partial charge on any atom is -0.464 e. The van der Waals surface area contributed by atoms with Gasteiger partial charge in [-0.15, -0.1) is 0 Å². The van der Waals surface area contributed by atoms with Crippen LogP contribution in [-0.4, -0.2) is 33.9 Å². The van der Waals surface area contributed by atoms with E-state index in [4.69, 9.17) is 5.73 Å². The van der Waals surface area contributed by atoms with Gasteiger partial charge in [0.25, 0.3) is 0 Å². The van der Waals surface area contributed by atoms with E-state index < -0.39 is 18.2 Å². The van der Waals surface area contributed by atoms with E-state index in [9.17, 15) is 15.0 Å². The van der Waals surface area contributed by atoms with Crippen molar-refractivity contribution in [2.24, 2.45) is 0 Å². The molecule has 6 nitrogen and oxygen atoms in total. The summed E-state index contributed by atoms with van der Waals surface area (Å²) < 4.78 is 4.61. The van der Waals surface area contributed by atoms with Gasteiger partial charge in [0.15, 0.2) is 6.10 Å². The second kappa shape index (κ2) is 5.60. The Bertz CT molecular complexity index is 408. The largest absolute Gasteiger partial charge is 0.464 e. The fraction of sp³-hybridized carbons (Fsp3) is 0.455. The zero-order valence-corrected chi connectivity index (χ0v) is 9.75. The lowest BCUT2D eigenvalue weighted by molar-refractivity contribution is -0.159. The van der Waals surface area contributed by atoms with Crippen LogP contribution in [0.5, 0.6) is 0 Å². The van der Waals surface area contributed by atoms with Crippen molar-refractivity contribution in [1.29, 1.82) is 0 Å². The number of aliphatic hydroxyl groups is 2. The number of hydrogen-bond acceptors (Lipinski definition) is 6. The molecule has 0 aliphatic heterocycles. The van der Waals surface area contributed by atoms with Gasteiger partial charge in [-0.05, 0) is 25.5 Å². The monoisotopic (exact) mass is 240 g/mol. The minimum atomic E-state index is -1.63. The number of nitrogen functional groups attached to an aromatic ring is 1. The molecule has 0 bridgehead atoms. The molecule has 2 atom stereocenters. The number of pyridine rings is 1. The highest BCUT2D eigenvalue weighted by molar-refractivity contribution is 5.75. The van der Waals surface area contributed by atoms with Gasteiger partial charge in [-0.1, -0.05) is 0 Å². The van der Waals surface area contributed by atoms with E-state index in [0.29, 0.717) is 16.9 Å². The summed E-state index contributed by atoms with van der Waals surface area (Å²) in [6.07, 6.45) is -1.68. The molecule has 0 aromatic carbocycles. The summed E-state index contributed by atoms with van der Waals surface area (Å²) >= 11 is 0. The molecule has 1 rings (SSSR count). The molecular formula is C11H16N2O4. The van der Waals surface area contributed by atoms with Crippen molar-refractivity contribution in [3.63, 3.8) is 0 Å². The Morgan fingerprint density at radius 3 is 2.76 bits per heavy atom. The van der Waals surface area contributed by atoms with E-state index in [1.807, 2.05) is 0 Å². The van der Waals surface area contributed by atoms with Gasteiger partial charge in [0.1, 0.15) is 11.9 Å². The fourth-order valence-electron chi connectivity index (χ4n) is 1.31. The van der Waals surface area contributed by atoms with E-state index >= 15 is 0 Å². The summed E-state index contributed by atoms with van der Waals surface area (Å²) in [5.74, 6) is -0.527. The third-order valence-electron chi connectivity index (χ3n) is 2.31. The summed E-state index contributed by atoms with van der Waals surface area (Å²) in [5.41, 5.74) is 6.51. The molecule has 0 saturated carbocycles. The van der Waals surface area contributed by atoms with E-state index in [0.717, 1.165) is 0 Å². The Morgan fingerprint density at radius 2 is 2.24 bits per heavy atom. The number of aryl methyl sites for hydroxylation is 1. The first-order valence-corrected chi connectivity index (χ1v) is 5.22. The van der Waals surface area contributed by atoms with Gasteiger partial charge in [-0.25, -0.2) is 9.78 Å². The predicted molar refractivity (Wildman–Crippen MR) is 61.0 cm³/mol. The van der Waals surface area contributed by atoms with Crippen LogP contribution < -0.4 is 5.73 Å². The van der Waals surface area contributed by atoms with Gasteiger partial charge in [-0.3, -0.25) is 0 Å². The first-order valence-electron chi connectivity index (χ1n) is 5.22. The number of esters is 1. The molecule has 4 N–H and O–H groups in total. The third kappa shape index (κ3) is 3.15. The topological polar surface area (TPSA) is 106 Å². The van der Waals surface area contributed by atoms with Crippen LogP contribution >= 0.6 is 0 Å². The molecule has 6 heteroatoms. The molecule has 1 aromatic heterocycles. The van der Waals surface area contributed by atoms with Crippen molar-refractivity contribution in [1.82, 2.24) is 4.98 Å². The summed E-state index contributed by atoms with van der Waals surface area (Å²) in [7, 11) is 0. The van der Waals surface area contributed by atoms with Crippen LogP contribution in [-0.2, 0) is 9.53 Å². The van der Waals surface area contributed by atoms with Crippen LogP contribution in [0.15, 0.2) is 12.3 Å². The van der Waals surface area contributed by atoms with E-state index in [1.54, 1.807) is 19.9 Å². The van der Waals surface area contributed by atoms with Crippen LogP contribution in [0.2, 0.25) is 0 Å². The maximum absolute atomic E-state index is 11.2. The highest BCUT2D eigenvalue weighted by Crippen LogP contribution is 2.20. The fourth-order valence-corrected chi connectivity index (χ4v) is 1.31. The van der Waals surface area contributed by atoms with Crippen molar-refractivity contribution in [2.45, 2.75) is 26.1 Å². The average molecular weight is 240 g/mol. The zero-order valence-electron chi connectivity index (χ0n) is 9.75. The SMILES string of the molecule is CCOC(=O)C(O)C(O)c1cnc(N)c(C)c1. The number of rotatable bonds is 4. The number of nitrogens with zero attached hydrogens (tertiary/aromatic N) is 1. The molecule has 0 fully saturated rings. The number of hydrogen-bond donors (Lipinski definition) is 3. The minimum absolute atomic E-state index is 0.141. The Hall–Kier alpha value is -1.66. The molecule has 17 heavy (non-hydrogen) atoms. The number of carbonyl (C=O) groups excluding carboxylic acids is 1. The normalized spacial score (nSPS) is 14.1. The molecule has 0 saturated heterocycles. The maximum Gasteiger partial charge on any atom is 0.338 e. The molecule has 1 aromatic rings. The Morgan fingerprint density at radius 1 is 1.59 bits per heavy atom. The second-order valence-corrected chi connectivity index (χ2v) is 3.61. The molecule has 0 spiro atoms. The first-order chi connectivity index (χ1) is 7.97. The summed E-state index contributed by atoms with van der Waals surface area (Å²) in [5, 5.41) is 19.3. The number of aliphatic hydroxyl groups excluding tert-OH is 2. The van der Waals surface area contributed by atoms with Crippen LogP contribution in [0.25, 0.3) is 0 Å². The predicted octanol–water partition coefficient (Wildman–Crippen LogP) is -0.0704. The Kier molecular flexibility index (Phi) is 4.42. The van der Waals surface area contributed by atoms with Gasteiger partial charge in [-0.2, -0.15) is 0 Å². The number of ether oxygens (including phenoxy) is 1. The van der Waals surface area contributed by atoms with E-state index in [2.05, 4.69) is 9.72 Å².